The van der Waals surface area contributed by atoms with Crippen molar-refractivity contribution in [1.82, 2.24) is 10.2 Å². The molecule has 0 aromatic heterocycles. The smallest absolute Gasteiger partial charge is 0.258 e. The number of amides is 1. The van der Waals surface area contributed by atoms with E-state index in [1.165, 1.54) is 18.2 Å². The van der Waals surface area contributed by atoms with Gasteiger partial charge < -0.3 is 20.4 Å². The predicted octanol–water partition coefficient (Wildman–Crippen LogP) is 0.532. The van der Waals surface area contributed by atoms with Crippen LogP contribution in [-0.2, 0) is 0 Å². The minimum Gasteiger partial charge on any atom is -0.508 e. The molecular formula is C12H16N2O3. The fraction of sp³-hybridized carbons (Fsp3) is 0.417. The average molecular weight is 236 g/mol. The topological polar surface area (TPSA) is 72.8 Å². The lowest BCUT2D eigenvalue weighted by atomic mass is 10.1. The molecule has 0 unspecified atom stereocenters. The summed E-state index contributed by atoms with van der Waals surface area (Å²) in [5, 5.41) is 22.2. The minimum absolute atomic E-state index is 0.0195. The molecule has 1 atom stereocenters. The van der Waals surface area contributed by atoms with Crippen LogP contribution in [0.3, 0.4) is 0 Å². The number of phenols is 2. The Bertz CT molecular complexity index is 434. The summed E-state index contributed by atoms with van der Waals surface area (Å²) in [6, 6.07) is 4.06. The zero-order valence-corrected chi connectivity index (χ0v) is 9.68. The number of phenolic OH excluding ortho intramolecular Hbond substituents is 2. The van der Waals surface area contributed by atoms with E-state index >= 15 is 0 Å². The molecule has 1 heterocycles. The molecule has 2 rings (SSSR count). The third-order valence-corrected chi connectivity index (χ3v) is 2.97. The van der Waals surface area contributed by atoms with Crippen LogP contribution < -0.4 is 5.32 Å². The van der Waals surface area contributed by atoms with E-state index in [0.717, 1.165) is 13.1 Å². The molecule has 3 N–H and O–H groups in total. The van der Waals surface area contributed by atoms with Gasteiger partial charge in [0.15, 0.2) is 0 Å². The van der Waals surface area contributed by atoms with Gasteiger partial charge in [-0.25, -0.2) is 0 Å². The maximum Gasteiger partial charge on any atom is 0.258 e. The molecule has 1 aliphatic heterocycles. The highest BCUT2D eigenvalue weighted by Gasteiger charge is 2.25. The SMILES string of the molecule is C[C@H]1CNCCN1C(=O)c1cc(O)ccc1O. The fourth-order valence-electron chi connectivity index (χ4n) is 1.99. The molecule has 1 saturated heterocycles. The van der Waals surface area contributed by atoms with Gasteiger partial charge in [-0.05, 0) is 25.1 Å². The Morgan fingerprint density at radius 2 is 2.24 bits per heavy atom. The van der Waals surface area contributed by atoms with Crippen molar-refractivity contribution in [2.45, 2.75) is 13.0 Å². The summed E-state index contributed by atoms with van der Waals surface area (Å²) >= 11 is 0. The highest BCUT2D eigenvalue weighted by Crippen LogP contribution is 2.24. The summed E-state index contributed by atoms with van der Waals surface area (Å²) in [5.74, 6) is -0.361. The van der Waals surface area contributed by atoms with Gasteiger partial charge in [0.05, 0.1) is 5.56 Å². The first-order chi connectivity index (χ1) is 8.09. The lowest BCUT2D eigenvalue weighted by Crippen LogP contribution is -2.52. The van der Waals surface area contributed by atoms with Crippen molar-refractivity contribution in [3.05, 3.63) is 23.8 Å². The van der Waals surface area contributed by atoms with Crippen LogP contribution >= 0.6 is 0 Å². The highest BCUT2D eigenvalue weighted by atomic mass is 16.3. The van der Waals surface area contributed by atoms with E-state index in [4.69, 9.17) is 0 Å². The van der Waals surface area contributed by atoms with Crippen molar-refractivity contribution < 1.29 is 15.0 Å². The van der Waals surface area contributed by atoms with Crippen molar-refractivity contribution in [3.8, 4) is 11.5 Å². The lowest BCUT2D eigenvalue weighted by molar-refractivity contribution is 0.0652. The maximum absolute atomic E-state index is 12.2. The van der Waals surface area contributed by atoms with Crippen molar-refractivity contribution in [2.24, 2.45) is 0 Å². The number of benzene rings is 1. The van der Waals surface area contributed by atoms with Crippen LogP contribution in [0.5, 0.6) is 11.5 Å². The number of nitrogens with zero attached hydrogens (tertiary/aromatic N) is 1. The van der Waals surface area contributed by atoms with Crippen LogP contribution in [0, 0.1) is 0 Å². The largest absolute Gasteiger partial charge is 0.508 e. The first kappa shape index (κ1) is 11.7. The second-order valence-electron chi connectivity index (χ2n) is 4.25. The van der Waals surface area contributed by atoms with Crippen LogP contribution in [0.15, 0.2) is 18.2 Å². The van der Waals surface area contributed by atoms with Gasteiger partial charge in [-0.3, -0.25) is 4.79 Å². The first-order valence-electron chi connectivity index (χ1n) is 5.63. The Morgan fingerprint density at radius 1 is 1.47 bits per heavy atom. The third-order valence-electron chi connectivity index (χ3n) is 2.97. The van der Waals surface area contributed by atoms with E-state index in [-0.39, 0.29) is 29.0 Å². The molecule has 0 aliphatic carbocycles. The molecule has 1 aromatic rings. The second kappa shape index (κ2) is 4.63. The van der Waals surface area contributed by atoms with Gasteiger partial charge in [-0.15, -0.1) is 0 Å². The number of hydrogen-bond acceptors (Lipinski definition) is 4. The average Bonchev–Trinajstić information content (AvgIpc) is 2.32. The van der Waals surface area contributed by atoms with Crippen LogP contribution in [0.1, 0.15) is 17.3 Å². The summed E-state index contributed by atoms with van der Waals surface area (Å²) in [7, 11) is 0. The molecule has 1 aromatic carbocycles. The highest BCUT2D eigenvalue weighted by molar-refractivity contribution is 5.97. The zero-order valence-electron chi connectivity index (χ0n) is 9.68. The van der Waals surface area contributed by atoms with Gasteiger partial charge in [0.1, 0.15) is 11.5 Å². The first-order valence-corrected chi connectivity index (χ1v) is 5.63. The summed E-state index contributed by atoms with van der Waals surface area (Å²) in [4.78, 5) is 13.9. The third kappa shape index (κ3) is 2.34. The van der Waals surface area contributed by atoms with Crippen molar-refractivity contribution in [1.29, 1.82) is 0 Å². The lowest BCUT2D eigenvalue weighted by Gasteiger charge is -2.34. The maximum atomic E-state index is 12.2. The molecule has 0 radical (unpaired) electrons. The molecular weight excluding hydrogens is 220 g/mol. The van der Waals surface area contributed by atoms with Crippen molar-refractivity contribution >= 4 is 5.91 Å². The number of carbonyl (C=O) groups excluding carboxylic acids is 1. The van der Waals surface area contributed by atoms with Crippen molar-refractivity contribution in [3.63, 3.8) is 0 Å². The number of aromatic hydroxyl groups is 2. The number of piperazine rings is 1. The molecule has 1 amide bonds. The number of hydrogen-bond donors (Lipinski definition) is 3. The quantitative estimate of drug-likeness (QED) is 0.622. The normalized spacial score (nSPS) is 20.3. The molecule has 17 heavy (non-hydrogen) atoms. The Labute approximate surface area is 99.7 Å². The second-order valence-corrected chi connectivity index (χ2v) is 4.25. The minimum atomic E-state index is -0.243. The van der Waals surface area contributed by atoms with Crippen molar-refractivity contribution in [2.75, 3.05) is 19.6 Å². The Morgan fingerprint density at radius 3 is 2.94 bits per heavy atom. The van der Waals surface area contributed by atoms with Crippen LogP contribution in [0.4, 0.5) is 0 Å². The molecule has 5 nitrogen and oxygen atoms in total. The van der Waals surface area contributed by atoms with Crippen LogP contribution in [0.2, 0.25) is 0 Å². The van der Waals surface area contributed by atoms with Gasteiger partial charge in [0.2, 0.25) is 0 Å². The van der Waals surface area contributed by atoms with Gasteiger partial charge in [0, 0.05) is 25.7 Å². The molecule has 1 fully saturated rings. The fourth-order valence-corrected chi connectivity index (χ4v) is 1.99. The van der Waals surface area contributed by atoms with Gasteiger partial charge in [-0.1, -0.05) is 0 Å². The Hall–Kier alpha value is -1.75. The summed E-state index contributed by atoms with van der Waals surface area (Å²) < 4.78 is 0. The Kier molecular flexibility index (Phi) is 3.19. The number of nitrogens with one attached hydrogen (secondary N) is 1. The van der Waals surface area contributed by atoms with E-state index in [1.807, 2.05) is 6.92 Å². The molecule has 0 bridgehead atoms. The monoisotopic (exact) mass is 236 g/mol. The molecule has 92 valence electrons. The van der Waals surface area contributed by atoms with E-state index in [2.05, 4.69) is 5.32 Å². The van der Waals surface area contributed by atoms with Gasteiger partial charge in [-0.2, -0.15) is 0 Å². The van der Waals surface area contributed by atoms with E-state index in [9.17, 15) is 15.0 Å². The summed E-state index contributed by atoms with van der Waals surface area (Å²) in [5.41, 5.74) is 0.152. The molecule has 0 spiro atoms. The molecule has 1 aliphatic rings. The summed E-state index contributed by atoms with van der Waals surface area (Å²) in [6.45, 7) is 4.04. The van der Waals surface area contributed by atoms with Crippen LogP contribution in [-0.4, -0.2) is 46.7 Å². The zero-order chi connectivity index (χ0) is 12.4. The summed E-state index contributed by atoms with van der Waals surface area (Å²) in [6.07, 6.45) is 0. The van der Waals surface area contributed by atoms with Gasteiger partial charge >= 0.3 is 0 Å². The molecule has 0 saturated carbocycles. The number of carbonyl (C=O) groups is 1. The van der Waals surface area contributed by atoms with Gasteiger partial charge in [0.25, 0.3) is 5.91 Å². The van der Waals surface area contributed by atoms with E-state index in [1.54, 1.807) is 4.90 Å². The van der Waals surface area contributed by atoms with Crippen LogP contribution in [0.25, 0.3) is 0 Å². The van der Waals surface area contributed by atoms with E-state index < -0.39 is 0 Å². The van der Waals surface area contributed by atoms with E-state index in [0.29, 0.717) is 6.54 Å². The molecule has 5 heteroatoms. The standard InChI is InChI=1S/C12H16N2O3/c1-8-7-13-4-5-14(8)12(17)10-6-9(15)2-3-11(10)16/h2-3,6,8,13,15-16H,4-5,7H2,1H3/t8-/m0/s1. The number of rotatable bonds is 1. The Balaban J connectivity index is 2.26. The predicted molar refractivity (Wildman–Crippen MR) is 63.1 cm³/mol.